The molecule has 1 N–H and O–H groups in total. The number of non-ortho nitro benzene ring substituents is 1. The van der Waals surface area contributed by atoms with Gasteiger partial charge in [-0.3, -0.25) is 14.9 Å². The summed E-state index contributed by atoms with van der Waals surface area (Å²) < 4.78 is 0.610. The Hall–Kier alpha value is -1.69. The first-order valence-electron chi connectivity index (χ1n) is 4.85. The molecule has 6 heteroatoms. The van der Waals surface area contributed by atoms with Gasteiger partial charge in [0.15, 0.2) is 0 Å². The molecular formula is C10H12N2O3S. The molecule has 0 saturated heterocycles. The highest BCUT2D eigenvalue weighted by Crippen LogP contribution is 2.20. The van der Waals surface area contributed by atoms with E-state index in [1.54, 1.807) is 0 Å². The van der Waals surface area contributed by atoms with Crippen LogP contribution in [-0.4, -0.2) is 9.91 Å². The van der Waals surface area contributed by atoms with Crippen molar-refractivity contribution in [3.63, 3.8) is 0 Å². The molecule has 0 spiro atoms. The topological polar surface area (TPSA) is 76.0 Å². The number of H-pyrrole nitrogens is 1. The van der Waals surface area contributed by atoms with Crippen LogP contribution >= 0.6 is 11.3 Å². The maximum absolute atomic E-state index is 10.9. The predicted molar refractivity (Wildman–Crippen MR) is 65.1 cm³/mol. The third-order valence-corrected chi connectivity index (χ3v) is 2.46. The molecule has 0 aliphatic carbocycles. The maximum atomic E-state index is 10.9. The number of nitrogens with zero attached hydrogens (tertiary/aromatic N) is 1. The van der Waals surface area contributed by atoms with Crippen LogP contribution < -0.4 is 4.87 Å². The van der Waals surface area contributed by atoms with Gasteiger partial charge in [-0.1, -0.05) is 31.6 Å². The summed E-state index contributed by atoms with van der Waals surface area (Å²) in [6.07, 6.45) is 1.25. The number of nitro groups is 1. The van der Waals surface area contributed by atoms with Gasteiger partial charge in [0.05, 0.1) is 15.1 Å². The quantitative estimate of drug-likeness (QED) is 0.615. The summed E-state index contributed by atoms with van der Waals surface area (Å²) in [4.78, 5) is 23.1. The lowest BCUT2D eigenvalue weighted by Gasteiger charge is -1.89. The molecule has 0 aliphatic rings. The number of thiazole rings is 1. The number of hydrogen-bond donors (Lipinski definition) is 1. The first kappa shape index (κ1) is 12.4. The third kappa shape index (κ3) is 2.90. The van der Waals surface area contributed by atoms with Gasteiger partial charge < -0.3 is 4.98 Å². The van der Waals surface area contributed by atoms with Crippen LogP contribution in [0.15, 0.2) is 23.0 Å². The number of aromatic nitrogens is 1. The van der Waals surface area contributed by atoms with Gasteiger partial charge in [0.25, 0.3) is 5.69 Å². The van der Waals surface area contributed by atoms with Crippen LogP contribution in [0.5, 0.6) is 0 Å². The molecule has 0 amide bonds. The first-order chi connectivity index (χ1) is 7.58. The van der Waals surface area contributed by atoms with Crippen molar-refractivity contribution in [3.8, 4) is 0 Å². The summed E-state index contributed by atoms with van der Waals surface area (Å²) in [5, 5.41) is 10.4. The summed E-state index contributed by atoms with van der Waals surface area (Å²) in [6, 6.07) is 4.29. The molecule has 86 valence electrons. The van der Waals surface area contributed by atoms with Crippen LogP contribution in [-0.2, 0) is 0 Å². The molecule has 16 heavy (non-hydrogen) atoms. The van der Waals surface area contributed by atoms with Crippen molar-refractivity contribution in [2.24, 2.45) is 0 Å². The van der Waals surface area contributed by atoms with Crippen LogP contribution in [0.2, 0.25) is 0 Å². The Labute approximate surface area is 95.9 Å². The molecule has 1 heterocycles. The monoisotopic (exact) mass is 240 g/mol. The van der Waals surface area contributed by atoms with Crippen molar-refractivity contribution >= 4 is 27.2 Å². The number of nitrogens with one attached hydrogen (secondary N) is 1. The molecule has 0 unspecified atom stereocenters. The zero-order chi connectivity index (χ0) is 12.1. The van der Waals surface area contributed by atoms with Crippen LogP contribution in [0.1, 0.15) is 20.3 Å². The van der Waals surface area contributed by atoms with Gasteiger partial charge in [-0.25, -0.2) is 0 Å². The third-order valence-electron chi connectivity index (χ3n) is 1.62. The van der Waals surface area contributed by atoms with Gasteiger partial charge in [-0.15, -0.1) is 0 Å². The van der Waals surface area contributed by atoms with Gasteiger partial charge >= 0.3 is 4.87 Å². The zero-order valence-electron chi connectivity index (χ0n) is 9.02. The number of fused-ring (bicyclic) bond motifs is 1. The normalized spacial score (nSPS) is 9.62. The van der Waals surface area contributed by atoms with Crippen molar-refractivity contribution < 1.29 is 4.92 Å². The largest absolute Gasteiger partial charge is 0.312 e. The van der Waals surface area contributed by atoms with E-state index in [0.29, 0.717) is 10.2 Å². The van der Waals surface area contributed by atoms with Crippen LogP contribution in [0, 0.1) is 10.1 Å². The lowest BCUT2D eigenvalue weighted by atomic mass is 10.3. The van der Waals surface area contributed by atoms with E-state index in [2.05, 4.69) is 18.8 Å². The molecule has 2 rings (SSSR count). The van der Waals surface area contributed by atoms with E-state index >= 15 is 0 Å². The molecule has 0 atom stereocenters. The average molecular weight is 240 g/mol. The highest BCUT2D eigenvalue weighted by atomic mass is 32.1. The van der Waals surface area contributed by atoms with E-state index in [1.165, 1.54) is 24.6 Å². The van der Waals surface area contributed by atoms with E-state index in [1.807, 2.05) is 0 Å². The molecule has 1 aromatic heterocycles. The second-order valence-corrected chi connectivity index (χ2v) is 4.17. The van der Waals surface area contributed by atoms with Gasteiger partial charge in [0.2, 0.25) is 0 Å². The van der Waals surface area contributed by atoms with Crippen molar-refractivity contribution in [2.75, 3.05) is 0 Å². The smallest absolute Gasteiger partial charge is 0.305 e. The van der Waals surface area contributed by atoms with E-state index in [-0.39, 0.29) is 10.6 Å². The van der Waals surface area contributed by atoms with E-state index in [4.69, 9.17) is 0 Å². The minimum absolute atomic E-state index is 0.00255. The Balaban J connectivity index is 0.000000386. The summed E-state index contributed by atoms with van der Waals surface area (Å²) >= 11 is 0.968. The average Bonchev–Trinajstić information content (AvgIpc) is 2.57. The number of benzene rings is 1. The summed E-state index contributed by atoms with van der Waals surface area (Å²) in [5.41, 5.74) is 0.642. The number of nitro benzene ring substituents is 1. The number of aromatic amines is 1. The fraction of sp³-hybridized carbons (Fsp3) is 0.300. The second kappa shape index (κ2) is 5.41. The summed E-state index contributed by atoms with van der Waals surface area (Å²) in [6.45, 7) is 4.25. The molecule has 1 aromatic carbocycles. The fourth-order valence-electron chi connectivity index (χ4n) is 1.05. The molecule has 2 aromatic rings. The van der Waals surface area contributed by atoms with Crippen molar-refractivity contribution in [1.82, 2.24) is 4.98 Å². The summed E-state index contributed by atoms with van der Waals surface area (Å²) in [7, 11) is 0. The zero-order valence-corrected chi connectivity index (χ0v) is 9.84. The fourth-order valence-corrected chi connectivity index (χ4v) is 1.82. The molecule has 5 nitrogen and oxygen atoms in total. The van der Waals surface area contributed by atoms with Crippen molar-refractivity contribution in [1.29, 1.82) is 0 Å². The SMILES string of the molecule is CCC.O=c1[nH]c2ccc([N+](=O)[O-])cc2s1. The highest BCUT2D eigenvalue weighted by molar-refractivity contribution is 7.16. The van der Waals surface area contributed by atoms with Crippen LogP contribution in [0.4, 0.5) is 5.69 Å². The minimum atomic E-state index is -0.483. The Morgan fingerprint density at radius 2 is 2.06 bits per heavy atom. The predicted octanol–water partition coefficient (Wildman–Crippen LogP) is 2.91. The van der Waals surface area contributed by atoms with Crippen molar-refractivity contribution in [3.05, 3.63) is 38.0 Å². The van der Waals surface area contributed by atoms with Gasteiger partial charge in [-0.05, 0) is 6.07 Å². The second-order valence-electron chi connectivity index (χ2n) is 3.16. The van der Waals surface area contributed by atoms with E-state index in [0.717, 1.165) is 11.3 Å². The maximum Gasteiger partial charge on any atom is 0.305 e. The Morgan fingerprint density at radius 3 is 2.62 bits per heavy atom. The first-order valence-corrected chi connectivity index (χ1v) is 5.67. The van der Waals surface area contributed by atoms with Crippen LogP contribution in [0.25, 0.3) is 10.2 Å². The van der Waals surface area contributed by atoms with Crippen LogP contribution in [0.3, 0.4) is 0 Å². The van der Waals surface area contributed by atoms with E-state index < -0.39 is 4.92 Å². The lowest BCUT2D eigenvalue weighted by molar-refractivity contribution is -0.384. The number of hydrogen-bond acceptors (Lipinski definition) is 4. The van der Waals surface area contributed by atoms with Gasteiger partial charge in [0.1, 0.15) is 0 Å². The Kier molecular flexibility index (Phi) is 4.19. The minimum Gasteiger partial charge on any atom is -0.312 e. The molecule has 0 saturated carbocycles. The number of rotatable bonds is 1. The molecule has 0 fully saturated rings. The Bertz CT molecular complexity index is 544. The summed E-state index contributed by atoms with van der Waals surface area (Å²) in [5.74, 6) is 0. The molecular weight excluding hydrogens is 228 g/mol. The van der Waals surface area contributed by atoms with Gasteiger partial charge in [0, 0.05) is 12.1 Å². The van der Waals surface area contributed by atoms with Crippen molar-refractivity contribution in [2.45, 2.75) is 20.3 Å². The van der Waals surface area contributed by atoms with Gasteiger partial charge in [-0.2, -0.15) is 0 Å². The molecule has 0 radical (unpaired) electrons. The van der Waals surface area contributed by atoms with E-state index in [9.17, 15) is 14.9 Å². The highest BCUT2D eigenvalue weighted by Gasteiger charge is 2.07. The lowest BCUT2D eigenvalue weighted by Crippen LogP contribution is -1.89. The molecule has 0 aliphatic heterocycles. The standard InChI is InChI=1S/C7H4N2O3S.C3H8/c10-7-8-5-2-1-4(9(11)12)3-6(5)13-7;1-3-2/h1-3H,(H,8,10);3H2,1-2H3. The Morgan fingerprint density at radius 1 is 1.44 bits per heavy atom. The molecule has 0 bridgehead atoms.